The van der Waals surface area contributed by atoms with E-state index < -0.39 is 10.0 Å². The third kappa shape index (κ3) is 5.80. The van der Waals surface area contributed by atoms with Crippen LogP contribution < -0.4 is 5.32 Å². The molecular formula is C23H29N3O5S2. The predicted octanol–water partition coefficient (Wildman–Crippen LogP) is 3.28. The summed E-state index contributed by atoms with van der Waals surface area (Å²) in [6.45, 7) is 3.10. The number of benzene rings is 1. The molecule has 1 aromatic carbocycles. The molecule has 33 heavy (non-hydrogen) atoms. The lowest BCUT2D eigenvalue weighted by atomic mass is 9.88. The average Bonchev–Trinajstić information content (AvgIpc) is 3.14. The number of nitriles is 1. The van der Waals surface area contributed by atoms with Gasteiger partial charge in [0.05, 0.1) is 23.7 Å². The number of nitrogens with one attached hydrogen (secondary N) is 1. The molecule has 1 atom stereocenters. The van der Waals surface area contributed by atoms with Crippen molar-refractivity contribution in [3.8, 4) is 6.07 Å². The van der Waals surface area contributed by atoms with Crippen LogP contribution in [-0.2, 0) is 32.3 Å². The lowest BCUT2D eigenvalue weighted by molar-refractivity contribution is 0.102. The Balaban J connectivity index is 1.77. The summed E-state index contributed by atoms with van der Waals surface area (Å²) in [6, 6.07) is 8.04. The normalized spacial score (nSPS) is 15.8. The minimum atomic E-state index is -3.76. The van der Waals surface area contributed by atoms with Crippen molar-refractivity contribution in [2.24, 2.45) is 5.92 Å². The van der Waals surface area contributed by atoms with E-state index in [1.54, 1.807) is 0 Å². The molecule has 0 saturated heterocycles. The Morgan fingerprint density at radius 1 is 1.21 bits per heavy atom. The van der Waals surface area contributed by atoms with Crippen LogP contribution in [0.15, 0.2) is 29.2 Å². The van der Waals surface area contributed by atoms with Crippen LogP contribution in [0.1, 0.15) is 39.7 Å². The van der Waals surface area contributed by atoms with Gasteiger partial charge in [0.2, 0.25) is 10.0 Å². The average molecular weight is 492 g/mol. The number of ether oxygens (including phenoxy) is 2. The maximum Gasteiger partial charge on any atom is 0.256 e. The summed E-state index contributed by atoms with van der Waals surface area (Å²) >= 11 is 1.46. The second-order valence-corrected chi connectivity index (χ2v) is 11.1. The van der Waals surface area contributed by atoms with E-state index in [1.165, 1.54) is 54.1 Å². The fourth-order valence-electron chi connectivity index (χ4n) is 3.80. The Morgan fingerprint density at radius 2 is 1.85 bits per heavy atom. The Morgan fingerprint density at radius 3 is 2.42 bits per heavy atom. The van der Waals surface area contributed by atoms with Crippen LogP contribution in [0.4, 0.5) is 5.00 Å². The monoisotopic (exact) mass is 491 g/mol. The standard InChI is InChI=1S/C23H29N3O5S2/c1-16-4-9-19-20(15-24)23(32-21(19)14-16)25-22(27)17-5-7-18(8-6-17)33(28,29)26(10-12-30-2)11-13-31-3/h5-8,16H,4,9-14H2,1-3H3,(H,25,27). The van der Waals surface area contributed by atoms with Crippen LogP contribution in [0.3, 0.4) is 0 Å². The van der Waals surface area contributed by atoms with Crippen LogP contribution in [0.5, 0.6) is 0 Å². The van der Waals surface area contributed by atoms with Crippen molar-refractivity contribution in [2.75, 3.05) is 45.8 Å². The van der Waals surface area contributed by atoms with Crippen molar-refractivity contribution in [1.29, 1.82) is 5.26 Å². The van der Waals surface area contributed by atoms with Gasteiger partial charge in [-0.05, 0) is 55.0 Å². The molecular weight excluding hydrogens is 462 g/mol. The van der Waals surface area contributed by atoms with Gasteiger partial charge in [-0.3, -0.25) is 4.79 Å². The van der Waals surface area contributed by atoms with Crippen molar-refractivity contribution in [2.45, 2.75) is 31.1 Å². The molecule has 1 aromatic heterocycles. The van der Waals surface area contributed by atoms with Crippen LogP contribution in [0.25, 0.3) is 0 Å². The van der Waals surface area contributed by atoms with E-state index in [2.05, 4.69) is 18.3 Å². The van der Waals surface area contributed by atoms with E-state index in [-0.39, 0.29) is 37.1 Å². The van der Waals surface area contributed by atoms with Gasteiger partial charge in [0, 0.05) is 37.7 Å². The lowest BCUT2D eigenvalue weighted by Gasteiger charge is -2.21. The number of thiophene rings is 1. The third-order valence-electron chi connectivity index (χ3n) is 5.69. The van der Waals surface area contributed by atoms with E-state index >= 15 is 0 Å². The largest absolute Gasteiger partial charge is 0.383 e. The summed E-state index contributed by atoms with van der Waals surface area (Å²) in [5, 5.41) is 13.0. The molecule has 3 rings (SSSR count). The number of carbonyl (C=O) groups is 1. The maximum atomic E-state index is 13.0. The van der Waals surface area contributed by atoms with E-state index in [0.717, 1.165) is 29.7 Å². The number of sulfonamides is 1. The second-order valence-electron chi connectivity index (χ2n) is 8.04. The van der Waals surface area contributed by atoms with Crippen LogP contribution in [0, 0.1) is 17.2 Å². The molecule has 2 aromatic rings. The molecule has 178 valence electrons. The zero-order chi connectivity index (χ0) is 24.0. The molecule has 1 unspecified atom stereocenters. The van der Waals surface area contributed by atoms with E-state index in [1.807, 2.05) is 0 Å². The van der Waals surface area contributed by atoms with Crippen LogP contribution in [-0.4, -0.2) is 59.2 Å². The minimum absolute atomic E-state index is 0.0875. The Bertz CT molecular complexity index is 1110. The SMILES string of the molecule is COCCN(CCOC)S(=O)(=O)c1ccc(C(=O)Nc2sc3c(c2C#N)CCC(C)C3)cc1. The number of hydrogen-bond acceptors (Lipinski definition) is 7. The molecule has 1 amide bonds. The molecule has 1 aliphatic carbocycles. The summed E-state index contributed by atoms with van der Waals surface area (Å²) in [5.74, 6) is 0.186. The smallest absolute Gasteiger partial charge is 0.256 e. The zero-order valence-corrected chi connectivity index (χ0v) is 20.7. The molecule has 0 bridgehead atoms. The molecule has 0 fully saturated rings. The summed E-state index contributed by atoms with van der Waals surface area (Å²) in [6.07, 6.45) is 2.80. The first-order valence-corrected chi connectivity index (χ1v) is 13.0. The number of fused-ring (bicyclic) bond motifs is 1. The Labute approximate surface area is 199 Å². The summed E-state index contributed by atoms with van der Waals surface area (Å²) in [5.41, 5.74) is 1.91. The van der Waals surface area contributed by atoms with Gasteiger partial charge in [-0.25, -0.2) is 8.42 Å². The fraction of sp³-hybridized carbons (Fsp3) is 0.478. The van der Waals surface area contributed by atoms with Gasteiger partial charge in [-0.1, -0.05) is 6.92 Å². The molecule has 0 radical (unpaired) electrons. The molecule has 8 nitrogen and oxygen atoms in total. The highest BCUT2D eigenvalue weighted by Gasteiger charge is 2.26. The maximum absolute atomic E-state index is 13.0. The van der Waals surface area contributed by atoms with Crippen LogP contribution >= 0.6 is 11.3 Å². The Hall–Kier alpha value is -2.29. The molecule has 1 N–H and O–H groups in total. The zero-order valence-electron chi connectivity index (χ0n) is 19.1. The van der Waals surface area contributed by atoms with Crippen molar-refractivity contribution in [3.05, 3.63) is 45.8 Å². The third-order valence-corrected chi connectivity index (χ3v) is 8.78. The lowest BCUT2D eigenvalue weighted by Crippen LogP contribution is -2.36. The first-order chi connectivity index (χ1) is 15.8. The highest BCUT2D eigenvalue weighted by atomic mass is 32.2. The van der Waals surface area contributed by atoms with Crippen molar-refractivity contribution in [1.82, 2.24) is 4.31 Å². The molecule has 0 saturated carbocycles. The number of carbonyl (C=O) groups excluding carboxylic acids is 1. The van der Waals surface area contributed by atoms with Crippen LogP contribution in [0.2, 0.25) is 0 Å². The Kier molecular flexibility index (Phi) is 8.62. The number of nitrogens with zero attached hydrogens (tertiary/aromatic N) is 2. The highest BCUT2D eigenvalue weighted by Crippen LogP contribution is 2.39. The number of hydrogen-bond donors (Lipinski definition) is 1. The summed E-state index contributed by atoms with van der Waals surface area (Å²) in [7, 11) is -0.743. The van der Waals surface area contributed by atoms with Crippen molar-refractivity contribution >= 4 is 32.3 Å². The number of rotatable bonds is 10. The highest BCUT2D eigenvalue weighted by molar-refractivity contribution is 7.89. The number of methoxy groups -OCH3 is 2. The second kappa shape index (κ2) is 11.2. The van der Waals surface area contributed by atoms with Gasteiger partial charge in [-0.2, -0.15) is 9.57 Å². The molecule has 1 aliphatic rings. The van der Waals surface area contributed by atoms with Crippen molar-refractivity contribution < 1.29 is 22.7 Å². The van der Waals surface area contributed by atoms with Gasteiger partial charge in [0.1, 0.15) is 11.1 Å². The van der Waals surface area contributed by atoms with E-state index in [9.17, 15) is 18.5 Å². The van der Waals surface area contributed by atoms with Gasteiger partial charge in [0.25, 0.3) is 5.91 Å². The van der Waals surface area contributed by atoms with Crippen molar-refractivity contribution in [3.63, 3.8) is 0 Å². The van der Waals surface area contributed by atoms with Gasteiger partial charge in [0.15, 0.2) is 0 Å². The fourth-order valence-corrected chi connectivity index (χ4v) is 6.56. The van der Waals surface area contributed by atoms with E-state index in [0.29, 0.717) is 22.0 Å². The first kappa shape index (κ1) is 25.3. The van der Waals surface area contributed by atoms with Gasteiger partial charge < -0.3 is 14.8 Å². The summed E-state index contributed by atoms with van der Waals surface area (Å²) < 4.78 is 37.4. The molecule has 1 heterocycles. The minimum Gasteiger partial charge on any atom is -0.383 e. The predicted molar refractivity (Wildman–Crippen MR) is 127 cm³/mol. The number of amides is 1. The molecule has 0 spiro atoms. The molecule has 0 aliphatic heterocycles. The topological polar surface area (TPSA) is 109 Å². The quantitative estimate of drug-likeness (QED) is 0.546. The summed E-state index contributed by atoms with van der Waals surface area (Å²) in [4.78, 5) is 14.1. The van der Waals surface area contributed by atoms with E-state index in [4.69, 9.17) is 9.47 Å². The van der Waals surface area contributed by atoms with Gasteiger partial charge in [-0.15, -0.1) is 11.3 Å². The van der Waals surface area contributed by atoms with Gasteiger partial charge >= 0.3 is 0 Å². The first-order valence-electron chi connectivity index (χ1n) is 10.8. The molecule has 10 heteroatoms. The number of anilines is 1.